The molecule has 1 heterocycles. The monoisotopic (exact) mass is 273 g/mol. The smallest absolute Gasteiger partial charge is 0.339 e. The molecule has 3 N–H and O–H groups in total. The predicted molar refractivity (Wildman–Crippen MR) is 68.8 cm³/mol. The summed E-state index contributed by atoms with van der Waals surface area (Å²) in [7, 11) is 0. The van der Waals surface area contributed by atoms with Crippen LogP contribution >= 0.6 is 0 Å². The second kappa shape index (κ2) is 5.35. The zero-order chi connectivity index (χ0) is 14.7. The molecule has 1 aromatic carbocycles. The Morgan fingerprint density at radius 3 is 2.50 bits per heavy atom. The number of benzene rings is 1. The number of carbonyl (C=O) groups excluding carboxylic acids is 1. The van der Waals surface area contributed by atoms with Gasteiger partial charge < -0.3 is 15.6 Å². The van der Waals surface area contributed by atoms with E-state index in [2.05, 4.69) is 10.2 Å². The number of amides is 1. The van der Waals surface area contributed by atoms with E-state index in [1.54, 1.807) is 19.1 Å². The topological polar surface area (TPSA) is 115 Å². The van der Waals surface area contributed by atoms with E-state index in [9.17, 15) is 9.59 Å². The van der Waals surface area contributed by atoms with Gasteiger partial charge in [0.1, 0.15) is 11.3 Å². The van der Waals surface area contributed by atoms with E-state index in [0.717, 1.165) is 5.56 Å². The number of hydrogen-bond acceptors (Lipinski definition) is 5. The van der Waals surface area contributed by atoms with E-state index in [4.69, 9.17) is 15.6 Å². The second-order valence-electron chi connectivity index (χ2n) is 4.03. The van der Waals surface area contributed by atoms with Crippen molar-refractivity contribution in [3.8, 4) is 11.6 Å². The van der Waals surface area contributed by atoms with Gasteiger partial charge in [-0.25, -0.2) is 4.79 Å². The molecular formula is C13H11N3O4. The van der Waals surface area contributed by atoms with Crippen LogP contribution in [0.5, 0.6) is 11.6 Å². The van der Waals surface area contributed by atoms with Crippen LogP contribution in [0, 0.1) is 6.92 Å². The fourth-order valence-corrected chi connectivity index (χ4v) is 1.51. The third kappa shape index (κ3) is 2.89. The van der Waals surface area contributed by atoms with Crippen molar-refractivity contribution in [1.29, 1.82) is 0 Å². The number of aromatic nitrogens is 2. The van der Waals surface area contributed by atoms with E-state index in [1.807, 2.05) is 0 Å². The molecule has 0 unspecified atom stereocenters. The Balaban J connectivity index is 2.31. The highest BCUT2D eigenvalue weighted by Crippen LogP contribution is 2.25. The van der Waals surface area contributed by atoms with Crippen LogP contribution in [0.2, 0.25) is 0 Å². The van der Waals surface area contributed by atoms with Crippen LogP contribution < -0.4 is 10.5 Å². The summed E-state index contributed by atoms with van der Waals surface area (Å²) in [5.41, 5.74) is 5.89. The lowest BCUT2D eigenvalue weighted by Crippen LogP contribution is -2.13. The molecule has 0 aliphatic rings. The summed E-state index contributed by atoms with van der Waals surface area (Å²) in [6.45, 7) is 1.81. The van der Waals surface area contributed by atoms with Crippen molar-refractivity contribution in [1.82, 2.24) is 10.2 Å². The molecule has 2 aromatic rings. The molecule has 0 fully saturated rings. The minimum atomic E-state index is -1.11. The third-order valence-electron chi connectivity index (χ3n) is 2.47. The number of carbonyl (C=O) groups is 2. The number of carboxylic acids is 1. The molecule has 102 valence electrons. The lowest BCUT2D eigenvalue weighted by molar-refractivity contribution is 0.0694. The molecule has 1 aromatic heterocycles. The maximum Gasteiger partial charge on any atom is 0.339 e. The molecular weight excluding hydrogens is 262 g/mol. The number of aryl methyl sites for hydroxylation is 1. The van der Waals surface area contributed by atoms with E-state index in [1.165, 1.54) is 18.2 Å². The SMILES string of the molecule is Cc1ccc(C(=O)O)c(Oc2ccc(C(N)=O)nn2)c1. The van der Waals surface area contributed by atoms with Crippen LogP contribution in [0.25, 0.3) is 0 Å². The summed E-state index contributed by atoms with van der Waals surface area (Å²) >= 11 is 0. The first-order valence-electron chi connectivity index (χ1n) is 5.62. The number of primary amides is 1. The maximum absolute atomic E-state index is 11.1. The van der Waals surface area contributed by atoms with E-state index < -0.39 is 11.9 Å². The minimum absolute atomic E-state index is 0.0000466. The van der Waals surface area contributed by atoms with E-state index in [0.29, 0.717) is 0 Å². The van der Waals surface area contributed by atoms with Crippen molar-refractivity contribution in [2.75, 3.05) is 0 Å². The molecule has 0 spiro atoms. The summed E-state index contributed by atoms with van der Waals surface area (Å²) in [6, 6.07) is 7.42. The highest BCUT2D eigenvalue weighted by atomic mass is 16.5. The van der Waals surface area contributed by atoms with Crippen LogP contribution in [0.1, 0.15) is 26.4 Å². The third-order valence-corrected chi connectivity index (χ3v) is 2.47. The Hall–Kier alpha value is -2.96. The molecule has 7 heteroatoms. The molecule has 20 heavy (non-hydrogen) atoms. The highest BCUT2D eigenvalue weighted by Gasteiger charge is 2.13. The Labute approximate surface area is 114 Å². The number of carboxylic acid groups (broad SMARTS) is 1. The average Bonchev–Trinajstić information content (AvgIpc) is 2.39. The fourth-order valence-electron chi connectivity index (χ4n) is 1.51. The largest absolute Gasteiger partial charge is 0.478 e. The minimum Gasteiger partial charge on any atom is -0.478 e. The summed E-state index contributed by atoms with van der Waals surface area (Å²) in [5, 5.41) is 16.3. The zero-order valence-corrected chi connectivity index (χ0v) is 10.5. The van der Waals surface area contributed by atoms with Gasteiger partial charge in [0, 0.05) is 6.07 Å². The van der Waals surface area contributed by atoms with Gasteiger partial charge in [0.25, 0.3) is 5.91 Å². The van der Waals surface area contributed by atoms with Gasteiger partial charge >= 0.3 is 5.97 Å². The van der Waals surface area contributed by atoms with Crippen molar-refractivity contribution in [3.05, 3.63) is 47.2 Å². The average molecular weight is 273 g/mol. The molecule has 1 amide bonds. The van der Waals surface area contributed by atoms with Crippen molar-refractivity contribution in [3.63, 3.8) is 0 Å². The Bertz CT molecular complexity index is 668. The molecule has 0 aliphatic heterocycles. The summed E-state index contributed by atoms with van der Waals surface area (Å²) in [5.74, 6) is -1.59. The molecule has 0 bridgehead atoms. The molecule has 2 rings (SSSR count). The van der Waals surface area contributed by atoms with Gasteiger partial charge in [-0.05, 0) is 30.7 Å². The summed E-state index contributed by atoms with van der Waals surface area (Å²) in [6.07, 6.45) is 0. The first kappa shape index (κ1) is 13.5. The molecule has 0 radical (unpaired) electrons. The first-order valence-corrected chi connectivity index (χ1v) is 5.62. The Morgan fingerprint density at radius 1 is 1.20 bits per heavy atom. The van der Waals surface area contributed by atoms with Crippen molar-refractivity contribution in [2.45, 2.75) is 6.92 Å². The fraction of sp³-hybridized carbons (Fsp3) is 0.0769. The summed E-state index contributed by atoms with van der Waals surface area (Å²) < 4.78 is 5.38. The quantitative estimate of drug-likeness (QED) is 0.869. The molecule has 7 nitrogen and oxygen atoms in total. The van der Waals surface area contributed by atoms with Gasteiger partial charge in [-0.15, -0.1) is 10.2 Å². The van der Waals surface area contributed by atoms with Gasteiger partial charge in [-0.1, -0.05) is 6.07 Å². The number of rotatable bonds is 4. The van der Waals surface area contributed by atoms with E-state index >= 15 is 0 Å². The first-order chi connectivity index (χ1) is 9.47. The highest BCUT2D eigenvalue weighted by molar-refractivity contribution is 5.91. The van der Waals surface area contributed by atoms with Crippen LogP contribution in [-0.4, -0.2) is 27.2 Å². The molecule has 0 saturated heterocycles. The van der Waals surface area contributed by atoms with Gasteiger partial charge in [-0.2, -0.15) is 0 Å². The molecule has 0 atom stereocenters. The van der Waals surface area contributed by atoms with Crippen molar-refractivity contribution in [2.24, 2.45) is 5.73 Å². The Kier molecular flexibility index (Phi) is 3.60. The predicted octanol–water partition coefficient (Wildman–Crippen LogP) is 1.37. The van der Waals surface area contributed by atoms with E-state index in [-0.39, 0.29) is 22.9 Å². The van der Waals surface area contributed by atoms with Crippen molar-refractivity contribution >= 4 is 11.9 Å². The molecule has 0 aliphatic carbocycles. The lowest BCUT2D eigenvalue weighted by Gasteiger charge is -2.08. The normalized spacial score (nSPS) is 10.1. The standard InChI is InChI=1S/C13H11N3O4/c1-7-2-3-8(13(18)19)10(6-7)20-11-5-4-9(12(14)17)15-16-11/h2-6H,1H3,(H2,14,17)(H,18,19). The van der Waals surface area contributed by atoms with Gasteiger partial charge in [0.05, 0.1) is 0 Å². The van der Waals surface area contributed by atoms with Crippen LogP contribution in [0.4, 0.5) is 0 Å². The van der Waals surface area contributed by atoms with Gasteiger partial charge in [-0.3, -0.25) is 4.79 Å². The number of ether oxygens (including phenoxy) is 1. The maximum atomic E-state index is 11.1. The van der Waals surface area contributed by atoms with Gasteiger partial charge in [0.15, 0.2) is 5.69 Å². The lowest BCUT2D eigenvalue weighted by atomic mass is 10.1. The number of nitrogens with two attached hydrogens (primary N) is 1. The van der Waals surface area contributed by atoms with Crippen LogP contribution in [-0.2, 0) is 0 Å². The van der Waals surface area contributed by atoms with Crippen LogP contribution in [0.3, 0.4) is 0 Å². The van der Waals surface area contributed by atoms with Crippen molar-refractivity contribution < 1.29 is 19.4 Å². The second-order valence-corrected chi connectivity index (χ2v) is 4.03. The van der Waals surface area contributed by atoms with Crippen LogP contribution in [0.15, 0.2) is 30.3 Å². The number of hydrogen-bond donors (Lipinski definition) is 2. The summed E-state index contributed by atoms with van der Waals surface area (Å²) in [4.78, 5) is 21.9. The molecule has 0 saturated carbocycles. The zero-order valence-electron chi connectivity index (χ0n) is 10.5. The number of nitrogens with zero attached hydrogens (tertiary/aromatic N) is 2. The van der Waals surface area contributed by atoms with Gasteiger partial charge in [0.2, 0.25) is 5.88 Å². The number of aromatic carboxylic acids is 1. The Morgan fingerprint density at radius 2 is 1.95 bits per heavy atom.